The third kappa shape index (κ3) is 7.47. The van der Waals surface area contributed by atoms with Crippen LogP contribution >= 0.6 is 28.1 Å². The third-order valence-electron chi connectivity index (χ3n) is 3.45. The lowest BCUT2D eigenvalue weighted by molar-refractivity contribution is 0.0377. The van der Waals surface area contributed by atoms with Gasteiger partial charge in [0.25, 0.3) is 0 Å². The van der Waals surface area contributed by atoms with Crippen molar-refractivity contribution in [2.45, 2.75) is 39.9 Å². The maximum Gasteiger partial charge on any atom is 0.338 e. The van der Waals surface area contributed by atoms with Gasteiger partial charge in [-0.3, -0.25) is 0 Å². The standard InChI is InChI=1S/C21H23BrN2O4S/c1-12(2)27-19(25)14-9-15(20(26)28-13(3)4)11-18(10-14)24-21(29)23-17-7-5-16(22)6-8-17/h5-13H,1-4H3,(H2,23,24,29). The molecule has 0 aliphatic rings. The Bertz CT molecular complexity index is 858. The summed E-state index contributed by atoms with van der Waals surface area (Å²) in [6, 6.07) is 12.1. The van der Waals surface area contributed by atoms with E-state index in [1.807, 2.05) is 24.3 Å². The van der Waals surface area contributed by atoms with Crippen molar-refractivity contribution >= 4 is 56.6 Å². The summed E-state index contributed by atoms with van der Waals surface area (Å²) in [5.74, 6) is -1.07. The highest BCUT2D eigenvalue weighted by molar-refractivity contribution is 9.10. The summed E-state index contributed by atoms with van der Waals surface area (Å²) in [7, 11) is 0. The summed E-state index contributed by atoms with van der Waals surface area (Å²) < 4.78 is 11.4. The fraction of sp³-hybridized carbons (Fsp3) is 0.286. The largest absolute Gasteiger partial charge is 0.459 e. The molecule has 29 heavy (non-hydrogen) atoms. The van der Waals surface area contributed by atoms with Gasteiger partial charge in [0.2, 0.25) is 0 Å². The molecule has 0 bridgehead atoms. The Morgan fingerprint density at radius 1 is 0.828 bits per heavy atom. The van der Waals surface area contributed by atoms with Crippen molar-refractivity contribution in [1.29, 1.82) is 0 Å². The summed E-state index contributed by atoms with van der Waals surface area (Å²) in [4.78, 5) is 24.7. The van der Waals surface area contributed by atoms with Crippen molar-refractivity contribution in [2.75, 3.05) is 10.6 Å². The molecule has 2 aromatic carbocycles. The molecule has 154 valence electrons. The van der Waals surface area contributed by atoms with E-state index in [0.29, 0.717) is 10.8 Å². The zero-order valence-corrected chi connectivity index (χ0v) is 19.0. The summed E-state index contributed by atoms with van der Waals surface area (Å²) >= 11 is 8.72. The molecule has 0 radical (unpaired) electrons. The first-order valence-corrected chi connectivity index (χ1v) is 10.2. The molecule has 0 unspecified atom stereocenters. The second kappa shape index (κ2) is 10.4. The third-order valence-corrected chi connectivity index (χ3v) is 4.18. The average molecular weight is 479 g/mol. The monoisotopic (exact) mass is 478 g/mol. The molecule has 8 heteroatoms. The molecule has 2 N–H and O–H groups in total. The topological polar surface area (TPSA) is 76.7 Å². The van der Waals surface area contributed by atoms with Crippen LogP contribution in [0.4, 0.5) is 11.4 Å². The SMILES string of the molecule is CC(C)OC(=O)c1cc(NC(=S)Nc2ccc(Br)cc2)cc(C(=O)OC(C)C)c1. The van der Waals surface area contributed by atoms with Crippen molar-refractivity contribution in [3.8, 4) is 0 Å². The molecule has 0 amide bonds. The van der Waals surface area contributed by atoms with E-state index in [1.165, 1.54) is 6.07 Å². The molecule has 0 fully saturated rings. The van der Waals surface area contributed by atoms with Gasteiger partial charge < -0.3 is 20.1 Å². The normalized spacial score (nSPS) is 10.6. The first-order valence-electron chi connectivity index (χ1n) is 9.04. The highest BCUT2D eigenvalue weighted by Crippen LogP contribution is 2.19. The minimum atomic E-state index is -0.533. The highest BCUT2D eigenvalue weighted by atomic mass is 79.9. The van der Waals surface area contributed by atoms with Crippen LogP contribution in [0.15, 0.2) is 46.9 Å². The van der Waals surface area contributed by atoms with Gasteiger partial charge in [-0.2, -0.15) is 0 Å². The number of hydrogen-bond donors (Lipinski definition) is 2. The number of carbonyl (C=O) groups excluding carboxylic acids is 2. The fourth-order valence-corrected chi connectivity index (χ4v) is 2.83. The van der Waals surface area contributed by atoms with Gasteiger partial charge in [-0.15, -0.1) is 0 Å². The predicted molar refractivity (Wildman–Crippen MR) is 122 cm³/mol. The van der Waals surface area contributed by atoms with Crippen molar-refractivity contribution in [1.82, 2.24) is 0 Å². The van der Waals surface area contributed by atoms with E-state index in [0.717, 1.165) is 10.2 Å². The van der Waals surface area contributed by atoms with Crippen LogP contribution in [0.1, 0.15) is 48.4 Å². The highest BCUT2D eigenvalue weighted by Gasteiger charge is 2.17. The van der Waals surface area contributed by atoms with Crippen molar-refractivity contribution in [3.05, 3.63) is 58.1 Å². The minimum Gasteiger partial charge on any atom is -0.459 e. The lowest BCUT2D eigenvalue weighted by Gasteiger charge is -2.15. The molecule has 0 heterocycles. The van der Waals surface area contributed by atoms with Crippen molar-refractivity contribution < 1.29 is 19.1 Å². The number of esters is 2. The minimum absolute atomic E-state index is 0.228. The van der Waals surface area contributed by atoms with Gasteiger partial charge in [0.15, 0.2) is 5.11 Å². The van der Waals surface area contributed by atoms with E-state index in [9.17, 15) is 9.59 Å². The molecule has 0 spiro atoms. The number of halogens is 1. The van der Waals surface area contributed by atoms with E-state index in [2.05, 4.69) is 26.6 Å². The molecule has 0 saturated heterocycles. The summed E-state index contributed by atoms with van der Waals surface area (Å²) in [5, 5.41) is 6.35. The van der Waals surface area contributed by atoms with Crippen LogP contribution in [-0.2, 0) is 9.47 Å². The lowest BCUT2D eigenvalue weighted by atomic mass is 10.1. The van der Waals surface area contributed by atoms with Crippen LogP contribution in [0.3, 0.4) is 0 Å². The number of benzene rings is 2. The summed E-state index contributed by atoms with van der Waals surface area (Å²) in [6.07, 6.45) is -0.573. The average Bonchev–Trinajstić information content (AvgIpc) is 2.62. The Hall–Kier alpha value is -2.45. The van der Waals surface area contributed by atoms with E-state index in [4.69, 9.17) is 21.7 Å². The van der Waals surface area contributed by atoms with Gasteiger partial charge in [-0.25, -0.2) is 9.59 Å². The number of thiocarbonyl (C=S) groups is 1. The number of anilines is 2. The molecule has 2 rings (SSSR count). The smallest absolute Gasteiger partial charge is 0.338 e. The van der Waals surface area contributed by atoms with Crippen LogP contribution in [0.25, 0.3) is 0 Å². The van der Waals surface area contributed by atoms with Gasteiger partial charge in [0.1, 0.15) is 0 Å². The molecular formula is C21H23BrN2O4S. The second-order valence-corrected chi connectivity index (χ2v) is 8.12. The molecule has 0 aliphatic carbocycles. The predicted octanol–water partition coefficient (Wildman–Crippen LogP) is 5.39. The summed E-state index contributed by atoms with van der Waals surface area (Å²) in [6.45, 7) is 7.02. The molecular weight excluding hydrogens is 456 g/mol. The first-order chi connectivity index (χ1) is 13.6. The van der Waals surface area contributed by atoms with E-state index < -0.39 is 11.9 Å². The molecule has 0 aliphatic heterocycles. The zero-order chi connectivity index (χ0) is 21.6. The van der Waals surface area contributed by atoms with Crippen LogP contribution < -0.4 is 10.6 Å². The van der Waals surface area contributed by atoms with Gasteiger partial charge in [0.05, 0.1) is 23.3 Å². The van der Waals surface area contributed by atoms with Gasteiger partial charge in [-0.1, -0.05) is 15.9 Å². The van der Waals surface area contributed by atoms with Gasteiger partial charge in [-0.05, 0) is 82.4 Å². The Balaban J connectivity index is 2.25. The fourth-order valence-electron chi connectivity index (χ4n) is 2.33. The van der Waals surface area contributed by atoms with Crippen LogP contribution in [0.2, 0.25) is 0 Å². The number of hydrogen-bond acceptors (Lipinski definition) is 5. The molecule has 0 saturated carbocycles. The zero-order valence-electron chi connectivity index (χ0n) is 16.6. The van der Waals surface area contributed by atoms with E-state index in [-0.39, 0.29) is 23.3 Å². The first kappa shape index (κ1) is 22.8. The van der Waals surface area contributed by atoms with Crippen molar-refractivity contribution in [2.24, 2.45) is 0 Å². The van der Waals surface area contributed by atoms with Gasteiger partial charge >= 0.3 is 11.9 Å². The van der Waals surface area contributed by atoms with Crippen LogP contribution in [0, 0.1) is 0 Å². The number of ether oxygens (including phenoxy) is 2. The Morgan fingerprint density at radius 3 is 1.72 bits per heavy atom. The second-order valence-electron chi connectivity index (χ2n) is 6.79. The van der Waals surface area contributed by atoms with E-state index >= 15 is 0 Å². The van der Waals surface area contributed by atoms with Crippen LogP contribution in [0.5, 0.6) is 0 Å². The van der Waals surface area contributed by atoms with Crippen molar-refractivity contribution in [3.63, 3.8) is 0 Å². The molecule has 0 atom stereocenters. The number of nitrogens with one attached hydrogen (secondary N) is 2. The molecule has 0 aromatic heterocycles. The molecule has 6 nitrogen and oxygen atoms in total. The maximum absolute atomic E-state index is 12.4. The van der Waals surface area contributed by atoms with Gasteiger partial charge in [0, 0.05) is 15.8 Å². The number of rotatable bonds is 6. The quantitative estimate of drug-likeness (QED) is 0.425. The Morgan fingerprint density at radius 2 is 1.28 bits per heavy atom. The van der Waals surface area contributed by atoms with Crippen LogP contribution in [-0.4, -0.2) is 29.3 Å². The Kier molecular flexibility index (Phi) is 8.16. The molecule has 2 aromatic rings. The Labute approximate surface area is 184 Å². The van der Waals surface area contributed by atoms with E-state index in [1.54, 1.807) is 39.8 Å². The summed E-state index contributed by atoms with van der Waals surface area (Å²) in [5.41, 5.74) is 1.71. The maximum atomic E-state index is 12.4. The number of carbonyl (C=O) groups is 2. The lowest BCUT2D eigenvalue weighted by Crippen LogP contribution is -2.20.